The Balaban J connectivity index is 3.90. The van der Waals surface area contributed by atoms with Crippen LogP contribution >= 0.6 is 45.2 Å². The number of halogens is 2. The van der Waals surface area contributed by atoms with Gasteiger partial charge < -0.3 is 14.2 Å². The standard InChI is InChI=1S/C22H40I2O3/c1-3-13-21(15-9-5-7-11-17-23)26-19-25-20-27-22(14-4-2)16-10-6-8-12-18-24/h5-8,21-22H,3-4,9-20H2,1-2H3/b7-5+,8-6+. The lowest BCUT2D eigenvalue weighted by atomic mass is 10.1. The smallest absolute Gasteiger partial charge is 0.149 e. The fraction of sp³-hybridized carbons (Fsp3) is 0.818. The Morgan fingerprint density at radius 1 is 0.630 bits per heavy atom. The van der Waals surface area contributed by atoms with Gasteiger partial charge in [-0.25, -0.2) is 0 Å². The second kappa shape index (κ2) is 23.1. The highest BCUT2D eigenvalue weighted by molar-refractivity contribution is 14.1. The monoisotopic (exact) mass is 606 g/mol. The maximum atomic E-state index is 5.91. The van der Waals surface area contributed by atoms with Crippen molar-refractivity contribution in [3.63, 3.8) is 0 Å². The zero-order valence-corrected chi connectivity index (χ0v) is 21.7. The summed E-state index contributed by atoms with van der Waals surface area (Å²) in [6, 6.07) is 0. The van der Waals surface area contributed by atoms with Crippen molar-refractivity contribution in [1.82, 2.24) is 0 Å². The van der Waals surface area contributed by atoms with Crippen LogP contribution in [0.15, 0.2) is 24.3 Å². The third-order valence-electron chi connectivity index (χ3n) is 4.19. The first-order chi connectivity index (χ1) is 13.3. The van der Waals surface area contributed by atoms with Gasteiger partial charge in [-0.2, -0.15) is 0 Å². The van der Waals surface area contributed by atoms with E-state index in [1.807, 2.05) is 0 Å². The molecular formula is C22H40I2O3. The van der Waals surface area contributed by atoms with E-state index in [0.29, 0.717) is 13.6 Å². The second-order valence-corrected chi connectivity index (χ2v) is 8.80. The molecule has 0 aliphatic carbocycles. The Labute approximate surface area is 195 Å². The maximum Gasteiger partial charge on any atom is 0.149 e. The molecule has 0 heterocycles. The Bertz CT molecular complexity index is 316. The summed E-state index contributed by atoms with van der Waals surface area (Å²) in [7, 11) is 0. The van der Waals surface area contributed by atoms with Crippen LogP contribution < -0.4 is 0 Å². The summed E-state index contributed by atoms with van der Waals surface area (Å²) in [4.78, 5) is 0. The molecule has 160 valence electrons. The third kappa shape index (κ3) is 19.9. The molecule has 0 aromatic heterocycles. The van der Waals surface area contributed by atoms with Crippen LogP contribution in [0.1, 0.15) is 78.1 Å². The van der Waals surface area contributed by atoms with Crippen molar-refractivity contribution >= 4 is 45.2 Å². The van der Waals surface area contributed by atoms with Crippen LogP contribution in [0.25, 0.3) is 0 Å². The van der Waals surface area contributed by atoms with E-state index in [-0.39, 0.29) is 12.2 Å². The minimum Gasteiger partial charge on any atom is -0.352 e. The van der Waals surface area contributed by atoms with Crippen LogP contribution in [0, 0.1) is 0 Å². The Hall–Kier alpha value is 0.820. The van der Waals surface area contributed by atoms with E-state index < -0.39 is 0 Å². The molecule has 5 heteroatoms. The van der Waals surface area contributed by atoms with Crippen LogP contribution in [-0.4, -0.2) is 34.6 Å². The fourth-order valence-corrected chi connectivity index (χ4v) is 3.47. The number of allylic oxidation sites excluding steroid dienone is 4. The molecule has 0 aromatic rings. The summed E-state index contributed by atoms with van der Waals surface area (Å²) in [5, 5.41) is 0. The first-order valence-corrected chi connectivity index (χ1v) is 13.6. The normalized spacial score (nSPS) is 14.4. The van der Waals surface area contributed by atoms with Crippen molar-refractivity contribution in [2.24, 2.45) is 0 Å². The van der Waals surface area contributed by atoms with Gasteiger partial charge >= 0.3 is 0 Å². The minimum absolute atomic E-state index is 0.286. The van der Waals surface area contributed by atoms with E-state index in [4.69, 9.17) is 14.2 Å². The van der Waals surface area contributed by atoms with E-state index in [2.05, 4.69) is 83.3 Å². The van der Waals surface area contributed by atoms with Gasteiger partial charge in [0.2, 0.25) is 0 Å². The predicted molar refractivity (Wildman–Crippen MR) is 134 cm³/mol. The molecule has 2 atom stereocenters. The lowest BCUT2D eigenvalue weighted by molar-refractivity contribution is -0.167. The van der Waals surface area contributed by atoms with Gasteiger partial charge in [0.1, 0.15) is 13.6 Å². The molecule has 0 rings (SSSR count). The number of hydrogen-bond donors (Lipinski definition) is 0. The molecule has 0 amide bonds. The average Bonchev–Trinajstić information content (AvgIpc) is 2.67. The highest BCUT2D eigenvalue weighted by Crippen LogP contribution is 2.12. The molecule has 3 nitrogen and oxygen atoms in total. The molecule has 0 bridgehead atoms. The van der Waals surface area contributed by atoms with Crippen LogP contribution in [0.2, 0.25) is 0 Å². The third-order valence-corrected chi connectivity index (χ3v) is 5.44. The van der Waals surface area contributed by atoms with E-state index in [9.17, 15) is 0 Å². The Morgan fingerprint density at radius 2 is 1.04 bits per heavy atom. The second-order valence-electron chi connectivity index (χ2n) is 6.65. The van der Waals surface area contributed by atoms with Crippen molar-refractivity contribution < 1.29 is 14.2 Å². The minimum atomic E-state index is 0.286. The lowest BCUT2D eigenvalue weighted by Crippen LogP contribution is -2.18. The summed E-state index contributed by atoms with van der Waals surface area (Å²) >= 11 is 4.81. The van der Waals surface area contributed by atoms with E-state index in [0.717, 1.165) is 64.2 Å². The van der Waals surface area contributed by atoms with Crippen molar-refractivity contribution in [3.8, 4) is 0 Å². The molecular weight excluding hydrogens is 566 g/mol. The van der Waals surface area contributed by atoms with Crippen molar-refractivity contribution in [1.29, 1.82) is 0 Å². The highest BCUT2D eigenvalue weighted by Gasteiger charge is 2.09. The highest BCUT2D eigenvalue weighted by atomic mass is 127. The fourth-order valence-electron chi connectivity index (χ4n) is 2.75. The number of ether oxygens (including phenoxy) is 3. The van der Waals surface area contributed by atoms with Gasteiger partial charge in [-0.1, -0.05) is 96.2 Å². The average molecular weight is 606 g/mol. The predicted octanol–water partition coefficient (Wildman–Crippen LogP) is 7.61. The van der Waals surface area contributed by atoms with Gasteiger partial charge in [-0.3, -0.25) is 0 Å². The number of alkyl halides is 2. The largest absolute Gasteiger partial charge is 0.352 e. The van der Waals surface area contributed by atoms with Crippen LogP contribution in [0.4, 0.5) is 0 Å². The summed E-state index contributed by atoms with van der Waals surface area (Å²) in [5.41, 5.74) is 0. The molecule has 0 fully saturated rings. The molecule has 0 N–H and O–H groups in total. The van der Waals surface area contributed by atoms with Crippen molar-refractivity contribution in [2.75, 3.05) is 22.4 Å². The molecule has 0 radical (unpaired) electrons. The molecule has 0 aliphatic rings. The molecule has 2 unspecified atom stereocenters. The van der Waals surface area contributed by atoms with Gasteiger partial charge in [-0.05, 0) is 51.4 Å². The summed E-state index contributed by atoms with van der Waals surface area (Å²) in [6.07, 6.45) is 20.7. The van der Waals surface area contributed by atoms with Gasteiger partial charge in [0.05, 0.1) is 12.2 Å². The summed E-state index contributed by atoms with van der Waals surface area (Å²) in [5.74, 6) is 0. The van der Waals surface area contributed by atoms with Gasteiger partial charge in [0.15, 0.2) is 0 Å². The topological polar surface area (TPSA) is 27.7 Å². The summed E-state index contributed by atoms with van der Waals surface area (Å²) in [6.45, 7) is 5.07. The van der Waals surface area contributed by atoms with Crippen LogP contribution in [-0.2, 0) is 14.2 Å². The van der Waals surface area contributed by atoms with Gasteiger partial charge in [0.25, 0.3) is 0 Å². The number of rotatable bonds is 20. The lowest BCUT2D eigenvalue weighted by Gasteiger charge is -2.19. The zero-order valence-electron chi connectivity index (χ0n) is 17.3. The SMILES string of the molecule is CCCC(CC/C=C/CCI)OCOCOC(CCC)CC/C=C/CCI. The van der Waals surface area contributed by atoms with Gasteiger partial charge in [-0.15, -0.1) is 0 Å². The van der Waals surface area contributed by atoms with Crippen LogP contribution in [0.5, 0.6) is 0 Å². The molecule has 0 aliphatic heterocycles. The van der Waals surface area contributed by atoms with E-state index in [1.165, 1.54) is 8.86 Å². The summed E-state index contributed by atoms with van der Waals surface area (Å²) < 4.78 is 19.8. The van der Waals surface area contributed by atoms with E-state index in [1.54, 1.807) is 0 Å². The first-order valence-electron chi connectivity index (χ1n) is 10.5. The molecule has 0 saturated heterocycles. The first kappa shape index (κ1) is 27.8. The van der Waals surface area contributed by atoms with Crippen LogP contribution in [0.3, 0.4) is 0 Å². The molecule has 27 heavy (non-hydrogen) atoms. The number of hydrogen-bond acceptors (Lipinski definition) is 3. The maximum absolute atomic E-state index is 5.91. The van der Waals surface area contributed by atoms with Crippen molar-refractivity contribution in [3.05, 3.63) is 24.3 Å². The van der Waals surface area contributed by atoms with Crippen molar-refractivity contribution in [2.45, 2.75) is 90.3 Å². The molecule has 0 spiro atoms. The van der Waals surface area contributed by atoms with E-state index >= 15 is 0 Å². The molecule has 0 aromatic carbocycles. The molecule has 0 saturated carbocycles. The van der Waals surface area contributed by atoms with Gasteiger partial charge in [0, 0.05) is 8.86 Å². The Kier molecular flexibility index (Phi) is 23.8. The Morgan fingerprint density at radius 3 is 1.41 bits per heavy atom. The quantitative estimate of drug-likeness (QED) is 0.0470. The zero-order chi connectivity index (χ0) is 20.0.